The first-order valence-electron chi connectivity index (χ1n) is 5.48. The third kappa shape index (κ3) is 14.0. The predicted octanol–water partition coefficient (Wildman–Crippen LogP) is 3.18. The van der Waals surface area contributed by atoms with E-state index in [1.54, 1.807) is 17.7 Å². The average Bonchev–Trinajstić information content (AvgIpc) is 2.20. The van der Waals surface area contributed by atoms with Crippen molar-refractivity contribution in [1.82, 2.24) is 0 Å². The van der Waals surface area contributed by atoms with Gasteiger partial charge in [-0.3, -0.25) is 4.79 Å². The SMILES string of the molecule is CC(=N)CCCSSCCOCCC(C)=O. The van der Waals surface area contributed by atoms with Crippen LogP contribution in [0.3, 0.4) is 0 Å². The summed E-state index contributed by atoms with van der Waals surface area (Å²) in [5.41, 5.74) is 0.762. The summed E-state index contributed by atoms with van der Waals surface area (Å²) >= 11 is 0. The van der Waals surface area contributed by atoms with Gasteiger partial charge in [0.15, 0.2) is 0 Å². The lowest BCUT2D eigenvalue weighted by atomic mass is 10.2. The first-order chi connectivity index (χ1) is 7.63. The summed E-state index contributed by atoms with van der Waals surface area (Å²) in [6.07, 6.45) is 2.51. The molecule has 0 atom stereocenters. The number of Topliss-reactive ketones (excluding diaryl/α,β-unsaturated/α-hetero) is 1. The molecule has 0 fully saturated rings. The molecule has 0 saturated heterocycles. The lowest BCUT2D eigenvalue weighted by Crippen LogP contribution is -2.02. The fraction of sp³-hybridized carbons (Fsp3) is 0.818. The highest BCUT2D eigenvalue weighted by Crippen LogP contribution is 2.22. The highest BCUT2D eigenvalue weighted by atomic mass is 33.1. The fourth-order valence-electron chi connectivity index (χ4n) is 0.925. The minimum atomic E-state index is 0.184. The molecular weight excluding hydrogens is 242 g/mol. The number of ether oxygens (including phenoxy) is 1. The van der Waals surface area contributed by atoms with Crippen molar-refractivity contribution >= 4 is 33.1 Å². The first kappa shape index (κ1) is 16.0. The van der Waals surface area contributed by atoms with Crippen molar-refractivity contribution in [2.45, 2.75) is 33.1 Å². The molecule has 0 bridgehead atoms. The van der Waals surface area contributed by atoms with Crippen molar-refractivity contribution < 1.29 is 9.53 Å². The highest BCUT2D eigenvalue weighted by molar-refractivity contribution is 8.76. The lowest BCUT2D eigenvalue weighted by Gasteiger charge is -2.02. The summed E-state index contributed by atoms with van der Waals surface area (Å²) in [6, 6.07) is 0. The molecule has 0 aromatic heterocycles. The second-order valence-corrected chi connectivity index (χ2v) is 6.29. The summed E-state index contributed by atoms with van der Waals surface area (Å²) in [6.45, 7) is 4.70. The molecule has 0 aliphatic rings. The number of hydrogen-bond donors (Lipinski definition) is 1. The first-order valence-corrected chi connectivity index (χ1v) is 7.97. The molecule has 0 aliphatic carbocycles. The summed E-state index contributed by atoms with van der Waals surface area (Å²) < 4.78 is 5.30. The number of ketones is 1. The normalized spacial score (nSPS) is 10.4. The van der Waals surface area contributed by atoms with Crippen LogP contribution in [0, 0.1) is 5.41 Å². The van der Waals surface area contributed by atoms with E-state index in [0.29, 0.717) is 19.6 Å². The van der Waals surface area contributed by atoms with Gasteiger partial charge in [0, 0.05) is 23.6 Å². The third-order valence-electron chi connectivity index (χ3n) is 1.77. The Kier molecular flexibility index (Phi) is 11.5. The average molecular weight is 263 g/mol. The van der Waals surface area contributed by atoms with Gasteiger partial charge in [0.1, 0.15) is 5.78 Å². The van der Waals surface area contributed by atoms with Crippen LogP contribution in [0.15, 0.2) is 0 Å². The Bertz CT molecular complexity index is 188. The van der Waals surface area contributed by atoms with Gasteiger partial charge < -0.3 is 10.1 Å². The Morgan fingerprint density at radius 3 is 2.44 bits per heavy atom. The van der Waals surface area contributed by atoms with Gasteiger partial charge in [-0.2, -0.15) is 0 Å². The number of rotatable bonds is 11. The van der Waals surface area contributed by atoms with Crippen molar-refractivity contribution in [2.24, 2.45) is 0 Å². The zero-order valence-corrected chi connectivity index (χ0v) is 11.7. The minimum absolute atomic E-state index is 0.184. The van der Waals surface area contributed by atoms with E-state index in [9.17, 15) is 4.79 Å². The van der Waals surface area contributed by atoms with Crippen molar-refractivity contribution in [3.63, 3.8) is 0 Å². The van der Waals surface area contributed by atoms with E-state index < -0.39 is 0 Å². The van der Waals surface area contributed by atoms with Gasteiger partial charge in [-0.25, -0.2) is 0 Å². The highest BCUT2D eigenvalue weighted by Gasteiger charge is 1.95. The molecule has 0 amide bonds. The molecule has 1 N–H and O–H groups in total. The summed E-state index contributed by atoms with van der Waals surface area (Å²) in [5, 5.41) is 7.26. The molecule has 0 heterocycles. The number of hydrogen-bond acceptors (Lipinski definition) is 5. The van der Waals surface area contributed by atoms with Crippen LogP contribution in [0.1, 0.15) is 33.1 Å². The maximum atomic E-state index is 10.6. The van der Waals surface area contributed by atoms with Crippen LogP contribution in [0.25, 0.3) is 0 Å². The van der Waals surface area contributed by atoms with E-state index in [4.69, 9.17) is 10.1 Å². The summed E-state index contributed by atoms with van der Waals surface area (Å²) in [5.74, 6) is 2.24. The van der Waals surface area contributed by atoms with Crippen molar-refractivity contribution in [3.8, 4) is 0 Å². The molecule has 0 aromatic rings. The predicted molar refractivity (Wildman–Crippen MR) is 73.7 cm³/mol. The van der Waals surface area contributed by atoms with Gasteiger partial charge in [0.25, 0.3) is 0 Å². The van der Waals surface area contributed by atoms with E-state index >= 15 is 0 Å². The van der Waals surface area contributed by atoms with Crippen LogP contribution < -0.4 is 0 Å². The van der Waals surface area contributed by atoms with Crippen LogP contribution in [-0.4, -0.2) is 36.2 Å². The Hall–Kier alpha value is -0.0000000000000000555. The number of carbonyl (C=O) groups is 1. The molecule has 0 saturated carbocycles. The smallest absolute Gasteiger partial charge is 0.132 e. The topological polar surface area (TPSA) is 50.1 Å². The standard InChI is InChI=1S/C11H21NO2S2/c1-10(12)4-3-8-15-16-9-7-14-6-5-11(2)13/h12H,3-9H2,1-2H3. The van der Waals surface area contributed by atoms with Crippen molar-refractivity contribution in [1.29, 1.82) is 5.41 Å². The zero-order valence-electron chi connectivity index (χ0n) is 10.1. The lowest BCUT2D eigenvalue weighted by molar-refractivity contribution is -0.118. The van der Waals surface area contributed by atoms with Crippen LogP contribution in [-0.2, 0) is 9.53 Å². The van der Waals surface area contributed by atoms with E-state index in [1.807, 2.05) is 17.7 Å². The Balaban J connectivity index is 2.98. The van der Waals surface area contributed by atoms with Gasteiger partial charge >= 0.3 is 0 Å². The Labute approximate surface area is 106 Å². The second kappa shape index (κ2) is 11.5. The quantitative estimate of drug-likeness (QED) is 0.353. The number of carbonyl (C=O) groups excluding carboxylic acids is 1. The van der Waals surface area contributed by atoms with Crippen molar-refractivity contribution in [2.75, 3.05) is 24.7 Å². The molecule has 5 heteroatoms. The van der Waals surface area contributed by atoms with Gasteiger partial charge in [0.2, 0.25) is 0 Å². The molecule has 0 spiro atoms. The molecule has 0 aromatic carbocycles. The van der Waals surface area contributed by atoms with Gasteiger partial charge in [0.05, 0.1) is 13.2 Å². The zero-order chi connectivity index (χ0) is 12.2. The minimum Gasteiger partial charge on any atom is -0.380 e. The fourth-order valence-corrected chi connectivity index (χ4v) is 2.87. The molecule has 3 nitrogen and oxygen atoms in total. The monoisotopic (exact) mass is 263 g/mol. The van der Waals surface area contributed by atoms with E-state index in [2.05, 4.69) is 0 Å². The molecule has 0 unspecified atom stereocenters. The molecule has 0 aliphatic heterocycles. The molecular formula is C11H21NO2S2. The van der Waals surface area contributed by atoms with E-state index in [-0.39, 0.29) is 5.78 Å². The molecule has 94 valence electrons. The Morgan fingerprint density at radius 2 is 1.81 bits per heavy atom. The second-order valence-electron chi connectivity index (χ2n) is 3.59. The third-order valence-corrected chi connectivity index (χ3v) is 4.23. The van der Waals surface area contributed by atoms with E-state index in [1.165, 1.54) is 0 Å². The molecule has 0 rings (SSSR count). The maximum Gasteiger partial charge on any atom is 0.132 e. The summed E-state index contributed by atoms with van der Waals surface area (Å²) in [7, 11) is 3.63. The van der Waals surface area contributed by atoms with Gasteiger partial charge in [-0.1, -0.05) is 21.6 Å². The van der Waals surface area contributed by atoms with Crippen LogP contribution in [0.5, 0.6) is 0 Å². The Morgan fingerprint density at radius 1 is 1.12 bits per heavy atom. The maximum absolute atomic E-state index is 10.6. The van der Waals surface area contributed by atoms with Crippen LogP contribution in [0.2, 0.25) is 0 Å². The van der Waals surface area contributed by atoms with Crippen LogP contribution in [0.4, 0.5) is 0 Å². The van der Waals surface area contributed by atoms with Crippen molar-refractivity contribution in [3.05, 3.63) is 0 Å². The van der Waals surface area contributed by atoms with Gasteiger partial charge in [-0.15, -0.1) is 0 Å². The summed E-state index contributed by atoms with van der Waals surface area (Å²) in [4.78, 5) is 10.6. The number of nitrogens with one attached hydrogen (secondary N) is 1. The van der Waals surface area contributed by atoms with E-state index in [0.717, 1.165) is 30.1 Å². The molecule has 0 radical (unpaired) electrons. The van der Waals surface area contributed by atoms with Crippen LogP contribution >= 0.6 is 21.6 Å². The molecule has 16 heavy (non-hydrogen) atoms. The van der Waals surface area contributed by atoms with Gasteiger partial charge in [-0.05, 0) is 26.7 Å². The largest absolute Gasteiger partial charge is 0.380 e.